The minimum atomic E-state index is -2.63. The Kier molecular flexibility index (Phi) is 2.38. The van der Waals surface area contributed by atoms with Crippen LogP contribution in [0.5, 0.6) is 0 Å². The first kappa shape index (κ1) is 13.6. The van der Waals surface area contributed by atoms with Gasteiger partial charge < -0.3 is 35.0 Å². The molecule has 10 heteroatoms. The molecule has 1 aliphatic carbocycles. The van der Waals surface area contributed by atoms with Crippen molar-refractivity contribution in [3.05, 3.63) is 0 Å². The number of aliphatic hydroxyl groups excluding tert-OH is 3. The topological polar surface area (TPSA) is 174 Å². The van der Waals surface area contributed by atoms with Gasteiger partial charge in [0.05, 0.1) is 19.1 Å². The van der Waals surface area contributed by atoms with Crippen LogP contribution in [0.2, 0.25) is 0 Å². The lowest BCUT2D eigenvalue weighted by Gasteiger charge is -2.73. The van der Waals surface area contributed by atoms with Crippen LogP contribution in [0.4, 0.5) is 0 Å². The van der Waals surface area contributed by atoms with E-state index in [0.717, 1.165) is 0 Å². The van der Waals surface area contributed by atoms with Crippen LogP contribution < -0.4 is 21.1 Å². The van der Waals surface area contributed by atoms with Crippen molar-refractivity contribution in [3.63, 3.8) is 0 Å². The third-order valence-corrected chi connectivity index (χ3v) is 5.23. The number of hydrogen-bond donors (Lipinski definition) is 7. The van der Waals surface area contributed by atoms with Gasteiger partial charge in [0.2, 0.25) is 0 Å². The Morgan fingerprint density at radius 1 is 1.38 bits per heavy atom. The summed E-state index contributed by atoms with van der Waals surface area (Å²) in [5, 5.41) is 56.3. The van der Waals surface area contributed by atoms with Gasteiger partial charge in [-0.25, -0.2) is 0 Å². The fraction of sp³-hybridized carbons (Fsp3) is 0.909. The number of nitrogens with two attached hydrogens (primary N) is 1. The zero-order chi connectivity index (χ0) is 15.2. The molecule has 21 heavy (non-hydrogen) atoms. The van der Waals surface area contributed by atoms with Gasteiger partial charge in [0, 0.05) is 0 Å². The minimum absolute atomic E-state index is 0.0995. The molecule has 1 spiro atoms. The lowest BCUT2D eigenvalue weighted by atomic mass is 9.55. The van der Waals surface area contributed by atoms with Crippen LogP contribution in [0.15, 0.2) is 0 Å². The monoisotopic (exact) mass is 303 g/mol. The minimum Gasteiger partial charge on any atom is -0.805 e. The first-order valence-corrected chi connectivity index (χ1v) is 6.69. The lowest BCUT2D eigenvalue weighted by Crippen LogP contribution is -3.02. The van der Waals surface area contributed by atoms with Crippen molar-refractivity contribution in [2.45, 2.75) is 41.5 Å². The van der Waals surface area contributed by atoms with Crippen LogP contribution >= 0.6 is 0 Å². The van der Waals surface area contributed by atoms with Crippen LogP contribution in [-0.4, -0.2) is 81.1 Å². The van der Waals surface area contributed by atoms with Crippen molar-refractivity contribution in [1.29, 1.82) is 0 Å². The molecule has 4 heterocycles. The second-order valence-electron chi connectivity index (χ2n) is 6.14. The molecule has 5 rings (SSSR count). The summed E-state index contributed by atoms with van der Waals surface area (Å²) in [6.45, 7) is -0.597. The molecule has 1 saturated carbocycles. The normalized spacial score (nSPS) is 61.2. The molecule has 118 valence electrons. The molecule has 0 aromatic heterocycles. The molecule has 0 amide bonds. The highest BCUT2D eigenvalue weighted by atomic mass is 16.9. The molecule has 6 unspecified atom stereocenters. The fourth-order valence-electron chi connectivity index (χ4n) is 4.21. The van der Waals surface area contributed by atoms with E-state index in [1.165, 1.54) is 0 Å². The number of hydrogen-bond acceptors (Lipinski definition) is 9. The van der Waals surface area contributed by atoms with Gasteiger partial charge in [0.15, 0.2) is 5.54 Å². The summed E-state index contributed by atoms with van der Waals surface area (Å²) in [6, 6.07) is 0. The van der Waals surface area contributed by atoms with Crippen LogP contribution in [-0.2, 0) is 9.47 Å². The number of rotatable bonds is 1. The molecule has 0 radical (unpaired) electrons. The molecule has 8 atom stereocenters. The van der Waals surface area contributed by atoms with Gasteiger partial charge in [0.25, 0.3) is 0 Å². The number of ether oxygens (including phenoxy) is 2. The summed E-state index contributed by atoms with van der Waals surface area (Å²) in [6.07, 6.45) is -5.69. The van der Waals surface area contributed by atoms with Crippen LogP contribution in [0, 0.1) is 5.92 Å². The van der Waals surface area contributed by atoms with Crippen LogP contribution in [0.1, 0.15) is 0 Å². The van der Waals surface area contributed by atoms with Crippen molar-refractivity contribution in [3.8, 4) is 0 Å². The maximum absolute atomic E-state index is 12.5. The van der Waals surface area contributed by atoms with Gasteiger partial charge in [-0.1, -0.05) is 0 Å². The van der Waals surface area contributed by atoms with Crippen molar-refractivity contribution >= 4 is 5.96 Å². The zero-order valence-corrected chi connectivity index (χ0v) is 10.9. The molecule has 0 aromatic rings. The van der Waals surface area contributed by atoms with E-state index in [0.29, 0.717) is 0 Å². The molecular formula is C11H17N3O7. The van der Waals surface area contributed by atoms with E-state index in [2.05, 4.69) is 10.3 Å². The van der Waals surface area contributed by atoms with Crippen molar-refractivity contribution in [2.75, 3.05) is 13.2 Å². The summed E-state index contributed by atoms with van der Waals surface area (Å²) in [5.41, 5.74) is 2.25. The van der Waals surface area contributed by atoms with Gasteiger partial charge in [-0.05, 0) is 0 Å². The number of aliphatic hydroxyl groups is 4. The molecule has 4 fully saturated rings. The standard InChI is InChI=1S/C11H16N3O7/c12-8-13-1-3-5-9(18,2-15)6-4(16)10(3,14-8)7(17)11(19,20-5)21-6/h3-7,15-18H,1-2H2,(H3,12,13,14)/q-1/p+1/t3?,4-,5?,6?,7+,9?,10?,11?/m1/s1. The number of nitrogens with one attached hydrogen (secondary N) is 2. The first-order chi connectivity index (χ1) is 9.79. The predicted octanol–water partition coefficient (Wildman–Crippen LogP) is -7.39. The van der Waals surface area contributed by atoms with Gasteiger partial charge in [0.1, 0.15) is 36.0 Å². The van der Waals surface area contributed by atoms with Crippen molar-refractivity contribution in [2.24, 2.45) is 11.7 Å². The Morgan fingerprint density at radius 3 is 2.71 bits per heavy atom. The second kappa shape index (κ2) is 3.66. The molecule has 5 aliphatic rings. The molecule has 4 aliphatic heterocycles. The molecule has 0 aromatic carbocycles. The third kappa shape index (κ3) is 1.26. The van der Waals surface area contributed by atoms with E-state index < -0.39 is 54.1 Å². The Labute approximate surface area is 118 Å². The van der Waals surface area contributed by atoms with E-state index in [1.54, 1.807) is 0 Å². The highest BCUT2D eigenvalue weighted by Gasteiger charge is 2.80. The van der Waals surface area contributed by atoms with E-state index in [-0.39, 0.29) is 12.5 Å². The van der Waals surface area contributed by atoms with E-state index >= 15 is 0 Å². The molecule has 8 N–H and O–H groups in total. The molecule has 3 saturated heterocycles. The van der Waals surface area contributed by atoms with Gasteiger partial charge in [-0.2, -0.15) is 0 Å². The highest BCUT2D eigenvalue weighted by Crippen LogP contribution is 2.55. The molecule has 10 nitrogen and oxygen atoms in total. The predicted molar refractivity (Wildman–Crippen MR) is 60.9 cm³/mol. The lowest BCUT2D eigenvalue weighted by molar-refractivity contribution is -0.712. The summed E-state index contributed by atoms with van der Waals surface area (Å²) in [4.78, 5) is 2.80. The van der Waals surface area contributed by atoms with E-state index in [4.69, 9.17) is 15.2 Å². The fourth-order valence-corrected chi connectivity index (χ4v) is 4.21. The highest BCUT2D eigenvalue weighted by molar-refractivity contribution is 5.74. The smallest absolute Gasteiger partial charge is 0.341 e. The average Bonchev–Trinajstić information content (AvgIpc) is 2.45. The Hall–Kier alpha value is -1.01. The van der Waals surface area contributed by atoms with Gasteiger partial charge in [-0.15, -0.1) is 0 Å². The average molecular weight is 303 g/mol. The van der Waals surface area contributed by atoms with Gasteiger partial charge in [-0.3, -0.25) is 16.0 Å². The Balaban J connectivity index is 1.92. The zero-order valence-electron chi connectivity index (χ0n) is 10.9. The summed E-state index contributed by atoms with van der Waals surface area (Å²) in [5.74, 6) is -3.21. The summed E-state index contributed by atoms with van der Waals surface area (Å²) in [7, 11) is 0. The summed E-state index contributed by atoms with van der Waals surface area (Å²) < 4.78 is 10.2. The number of guanidine groups is 1. The largest absolute Gasteiger partial charge is 0.805 e. The van der Waals surface area contributed by atoms with E-state index in [9.17, 15) is 25.5 Å². The van der Waals surface area contributed by atoms with Crippen LogP contribution in [0.3, 0.4) is 0 Å². The van der Waals surface area contributed by atoms with E-state index in [1.807, 2.05) is 0 Å². The van der Waals surface area contributed by atoms with Crippen molar-refractivity contribution in [1.82, 2.24) is 5.32 Å². The van der Waals surface area contributed by atoms with Crippen molar-refractivity contribution < 1.29 is 40.0 Å². The molecule has 4 bridgehead atoms. The second-order valence-corrected chi connectivity index (χ2v) is 6.14. The Bertz CT molecular complexity index is 532. The third-order valence-electron chi connectivity index (χ3n) is 5.23. The first-order valence-electron chi connectivity index (χ1n) is 6.69. The summed E-state index contributed by atoms with van der Waals surface area (Å²) >= 11 is 0. The van der Waals surface area contributed by atoms with Crippen LogP contribution in [0.25, 0.3) is 0 Å². The molecular weight excluding hydrogens is 286 g/mol. The quantitative estimate of drug-likeness (QED) is 0.248. The SMILES string of the molecule is NC1=[NH+]CC2C3OC4([O-])OC([C@@H](O)C2(N1)[C@@H]4O)C3(O)CO. The maximum Gasteiger partial charge on any atom is 0.341 e. The maximum atomic E-state index is 12.5. The Morgan fingerprint density at radius 2 is 2.05 bits per heavy atom. The van der Waals surface area contributed by atoms with Gasteiger partial charge >= 0.3 is 5.96 Å².